The fourth-order valence-corrected chi connectivity index (χ4v) is 3.63. The average molecular weight is 369 g/mol. The summed E-state index contributed by atoms with van der Waals surface area (Å²) in [7, 11) is 0. The fourth-order valence-electron chi connectivity index (χ4n) is 3.63. The second-order valence-electron chi connectivity index (χ2n) is 7.15. The van der Waals surface area contributed by atoms with E-state index >= 15 is 0 Å². The molecule has 4 rings (SSSR count). The van der Waals surface area contributed by atoms with Crippen LogP contribution in [-0.4, -0.2) is 17.0 Å². The van der Waals surface area contributed by atoms with Gasteiger partial charge in [0.2, 0.25) is 0 Å². The number of benzene rings is 1. The normalized spacial score (nSPS) is 20.1. The van der Waals surface area contributed by atoms with Crippen molar-refractivity contribution in [2.75, 3.05) is 0 Å². The number of nitriles is 1. The predicted molar refractivity (Wildman–Crippen MR) is 112 cm³/mol. The van der Waals surface area contributed by atoms with Crippen molar-refractivity contribution in [3.05, 3.63) is 71.7 Å². The third kappa shape index (κ3) is 3.81. The van der Waals surface area contributed by atoms with Crippen LogP contribution in [0.15, 0.2) is 71.0 Å². The zero-order chi connectivity index (χ0) is 19.3. The summed E-state index contributed by atoms with van der Waals surface area (Å²) in [5.74, 6) is 0.708. The van der Waals surface area contributed by atoms with E-state index in [2.05, 4.69) is 16.7 Å². The van der Waals surface area contributed by atoms with Gasteiger partial charge in [0.25, 0.3) is 0 Å². The van der Waals surface area contributed by atoms with Crippen LogP contribution in [0.3, 0.4) is 0 Å². The molecule has 2 aliphatic rings. The number of nitrogens with zero attached hydrogens (tertiary/aromatic N) is 3. The Balaban J connectivity index is 1.71. The SMILES string of the molecule is CC1=CNC(=NC2CCCC2)N/C1=C(\C#N)c1cccc(-c2ccccc2)n1. The van der Waals surface area contributed by atoms with Crippen LogP contribution in [0.4, 0.5) is 0 Å². The van der Waals surface area contributed by atoms with Crippen molar-refractivity contribution in [1.82, 2.24) is 15.6 Å². The summed E-state index contributed by atoms with van der Waals surface area (Å²) < 4.78 is 0. The van der Waals surface area contributed by atoms with Crippen LogP contribution in [0.1, 0.15) is 38.3 Å². The molecule has 1 aromatic carbocycles. The molecule has 2 aromatic rings. The first-order chi connectivity index (χ1) is 13.7. The van der Waals surface area contributed by atoms with Crippen molar-refractivity contribution in [3.63, 3.8) is 0 Å². The third-order valence-corrected chi connectivity index (χ3v) is 5.14. The molecule has 0 unspecified atom stereocenters. The summed E-state index contributed by atoms with van der Waals surface area (Å²) in [6.45, 7) is 1.97. The van der Waals surface area contributed by atoms with Crippen LogP contribution in [0, 0.1) is 11.3 Å². The second kappa shape index (κ2) is 8.10. The van der Waals surface area contributed by atoms with Crippen LogP contribution in [0.2, 0.25) is 0 Å². The maximum absolute atomic E-state index is 9.91. The molecule has 0 atom stereocenters. The number of rotatable bonds is 3. The van der Waals surface area contributed by atoms with Crippen molar-refractivity contribution in [2.45, 2.75) is 38.6 Å². The van der Waals surface area contributed by atoms with Gasteiger partial charge < -0.3 is 10.6 Å². The molecule has 2 heterocycles. The van der Waals surface area contributed by atoms with Gasteiger partial charge in [0.1, 0.15) is 11.6 Å². The molecule has 1 fully saturated rings. The zero-order valence-corrected chi connectivity index (χ0v) is 15.9. The van der Waals surface area contributed by atoms with Gasteiger partial charge in [0, 0.05) is 11.8 Å². The van der Waals surface area contributed by atoms with Gasteiger partial charge in [-0.1, -0.05) is 49.2 Å². The van der Waals surface area contributed by atoms with E-state index in [1.54, 1.807) is 0 Å². The van der Waals surface area contributed by atoms with Crippen molar-refractivity contribution in [2.24, 2.45) is 4.99 Å². The molecule has 1 saturated carbocycles. The summed E-state index contributed by atoms with van der Waals surface area (Å²) in [4.78, 5) is 9.53. The maximum Gasteiger partial charge on any atom is 0.200 e. The molecule has 1 aliphatic heterocycles. The van der Waals surface area contributed by atoms with Crippen LogP contribution in [0.5, 0.6) is 0 Å². The molecule has 140 valence electrons. The minimum Gasteiger partial charge on any atom is -0.332 e. The number of hydrogen-bond donors (Lipinski definition) is 2. The first-order valence-electron chi connectivity index (χ1n) is 9.70. The van der Waals surface area contributed by atoms with Gasteiger partial charge in [-0.3, -0.25) is 0 Å². The van der Waals surface area contributed by atoms with E-state index in [4.69, 9.17) is 9.98 Å². The maximum atomic E-state index is 9.91. The van der Waals surface area contributed by atoms with E-state index in [1.807, 2.05) is 61.7 Å². The Kier molecular flexibility index (Phi) is 5.20. The number of guanidine groups is 1. The highest BCUT2D eigenvalue weighted by atomic mass is 15.2. The lowest BCUT2D eigenvalue weighted by atomic mass is 10.0. The van der Waals surface area contributed by atoms with Gasteiger partial charge in [-0.25, -0.2) is 9.98 Å². The summed E-state index contributed by atoms with van der Waals surface area (Å²) >= 11 is 0. The summed E-state index contributed by atoms with van der Waals surface area (Å²) in [5.41, 5.74) is 4.76. The molecule has 0 radical (unpaired) electrons. The quantitative estimate of drug-likeness (QED) is 0.788. The van der Waals surface area contributed by atoms with Crippen molar-refractivity contribution >= 4 is 11.5 Å². The topological polar surface area (TPSA) is 73.1 Å². The minimum absolute atomic E-state index is 0.355. The first kappa shape index (κ1) is 18.0. The average Bonchev–Trinajstić information content (AvgIpc) is 3.25. The van der Waals surface area contributed by atoms with E-state index in [0.717, 1.165) is 35.4 Å². The molecule has 0 saturated heterocycles. The van der Waals surface area contributed by atoms with Gasteiger partial charge >= 0.3 is 0 Å². The van der Waals surface area contributed by atoms with Crippen LogP contribution in [0.25, 0.3) is 16.8 Å². The molecule has 5 nitrogen and oxygen atoms in total. The molecule has 5 heteroatoms. The number of allylic oxidation sites excluding steroid dienone is 2. The van der Waals surface area contributed by atoms with Crippen LogP contribution >= 0.6 is 0 Å². The lowest BCUT2D eigenvalue weighted by molar-refractivity contribution is 0.696. The highest BCUT2D eigenvalue weighted by Crippen LogP contribution is 2.25. The Morgan fingerprint density at radius 1 is 1.11 bits per heavy atom. The molecular formula is C23H23N5. The monoisotopic (exact) mass is 369 g/mol. The number of hydrogen-bond acceptors (Lipinski definition) is 3. The molecule has 0 bridgehead atoms. The van der Waals surface area contributed by atoms with Gasteiger partial charge in [0.05, 0.1) is 23.1 Å². The summed E-state index contributed by atoms with van der Waals surface area (Å²) in [6.07, 6.45) is 6.62. The van der Waals surface area contributed by atoms with Gasteiger partial charge in [-0.2, -0.15) is 5.26 Å². The van der Waals surface area contributed by atoms with Gasteiger partial charge in [0.15, 0.2) is 5.96 Å². The zero-order valence-electron chi connectivity index (χ0n) is 15.9. The molecule has 1 aromatic heterocycles. The molecule has 28 heavy (non-hydrogen) atoms. The standard InChI is InChI=1S/C23H23N5/c1-16-15-25-23(26-18-10-5-6-11-18)28-22(16)19(14-24)21-13-7-12-20(27-21)17-8-3-2-4-9-17/h2-4,7-9,12-13,15,18H,5-6,10-11H2,1H3,(H2,25,26,28)/b22-19+. The molecule has 2 N–H and O–H groups in total. The second-order valence-corrected chi connectivity index (χ2v) is 7.15. The van der Waals surface area contributed by atoms with Crippen molar-refractivity contribution in [1.29, 1.82) is 5.26 Å². The van der Waals surface area contributed by atoms with Gasteiger partial charge in [-0.15, -0.1) is 0 Å². The van der Waals surface area contributed by atoms with E-state index in [0.29, 0.717) is 23.3 Å². The van der Waals surface area contributed by atoms with E-state index in [1.165, 1.54) is 12.8 Å². The van der Waals surface area contributed by atoms with E-state index in [9.17, 15) is 5.26 Å². The van der Waals surface area contributed by atoms with E-state index < -0.39 is 0 Å². The highest BCUT2D eigenvalue weighted by Gasteiger charge is 2.20. The largest absolute Gasteiger partial charge is 0.332 e. The summed E-state index contributed by atoms with van der Waals surface area (Å²) in [6, 6.07) is 18.5. The summed E-state index contributed by atoms with van der Waals surface area (Å²) in [5, 5.41) is 16.4. The fraction of sp³-hybridized carbons (Fsp3) is 0.261. The van der Waals surface area contributed by atoms with Crippen LogP contribution < -0.4 is 10.6 Å². The number of aliphatic imine (C=N–C) groups is 1. The molecular weight excluding hydrogens is 346 g/mol. The Bertz CT molecular complexity index is 989. The highest BCUT2D eigenvalue weighted by molar-refractivity contribution is 5.91. The number of pyridine rings is 1. The Hall–Kier alpha value is -3.39. The van der Waals surface area contributed by atoms with Crippen LogP contribution in [-0.2, 0) is 0 Å². The Morgan fingerprint density at radius 3 is 2.64 bits per heavy atom. The smallest absolute Gasteiger partial charge is 0.200 e. The molecule has 1 aliphatic carbocycles. The third-order valence-electron chi connectivity index (χ3n) is 5.14. The molecule has 0 amide bonds. The molecule has 0 spiro atoms. The van der Waals surface area contributed by atoms with E-state index in [-0.39, 0.29) is 0 Å². The Morgan fingerprint density at radius 2 is 1.89 bits per heavy atom. The van der Waals surface area contributed by atoms with Gasteiger partial charge in [-0.05, 0) is 37.5 Å². The predicted octanol–water partition coefficient (Wildman–Crippen LogP) is 4.38. The van der Waals surface area contributed by atoms with Crippen molar-refractivity contribution in [3.8, 4) is 17.3 Å². The Labute approximate surface area is 165 Å². The lowest BCUT2D eigenvalue weighted by Crippen LogP contribution is -2.39. The number of nitrogens with one attached hydrogen (secondary N) is 2. The number of aromatic nitrogens is 1. The minimum atomic E-state index is 0.355. The van der Waals surface area contributed by atoms with Crippen molar-refractivity contribution < 1.29 is 0 Å². The first-order valence-corrected chi connectivity index (χ1v) is 9.70. The lowest BCUT2D eigenvalue weighted by Gasteiger charge is -2.22.